The van der Waals surface area contributed by atoms with E-state index in [-0.39, 0.29) is 36.2 Å². The van der Waals surface area contributed by atoms with Gasteiger partial charge in [-0.2, -0.15) is 0 Å². The van der Waals surface area contributed by atoms with Crippen molar-refractivity contribution in [2.24, 2.45) is 11.3 Å². The van der Waals surface area contributed by atoms with Crippen LogP contribution < -0.4 is 10.2 Å². The highest BCUT2D eigenvalue weighted by atomic mass is 19.1. The van der Waals surface area contributed by atoms with Crippen molar-refractivity contribution in [3.8, 4) is 0 Å². The molecular weight excluding hydrogens is 724 g/mol. The Labute approximate surface area is 331 Å². The van der Waals surface area contributed by atoms with Gasteiger partial charge in [-0.15, -0.1) is 0 Å². The minimum atomic E-state index is -1.35. The molecule has 2 N–H and O–H groups in total. The first kappa shape index (κ1) is 36.3. The van der Waals surface area contributed by atoms with E-state index < -0.39 is 29.4 Å². The number of piperidine rings is 1. The fourth-order valence-corrected chi connectivity index (χ4v) is 10.8. The fraction of sp³-hybridized carbons (Fsp3) is 0.500. The van der Waals surface area contributed by atoms with Gasteiger partial charge in [0.1, 0.15) is 11.7 Å². The van der Waals surface area contributed by atoms with Crippen molar-refractivity contribution in [2.75, 3.05) is 31.1 Å². The van der Waals surface area contributed by atoms with E-state index in [2.05, 4.69) is 50.1 Å². The molecule has 0 radical (unpaired) electrons. The predicted molar refractivity (Wildman–Crippen MR) is 211 cm³/mol. The van der Waals surface area contributed by atoms with Gasteiger partial charge in [-0.3, -0.25) is 39.2 Å². The Hall–Kier alpha value is -5.01. The van der Waals surface area contributed by atoms with E-state index >= 15 is 4.39 Å². The molecule has 13 heteroatoms. The number of carbonyl (C=O) groups is 4. The number of alkyl halides is 1. The van der Waals surface area contributed by atoms with Gasteiger partial charge < -0.3 is 9.88 Å². The van der Waals surface area contributed by atoms with Gasteiger partial charge in [-0.25, -0.2) is 14.4 Å². The van der Waals surface area contributed by atoms with Crippen LogP contribution >= 0.6 is 0 Å². The van der Waals surface area contributed by atoms with E-state index in [0.29, 0.717) is 23.6 Å². The van der Waals surface area contributed by atoms with Gasteiger partial charge in [0, 0.05) is 91.7 Å². The molecule has 1 saturated carbocycles. The maximum Gasteiger partial charge on any atom is 0.262 e. The molecule has 4 amide bonds. The first-order valence-corrected chi connectivity index (χ1v) is 20.5. The molecule has 12 nitrogen and oxygen atoms in total. The van der Waals surface area contributed by atoms with Crippen molar-refractivity contribution in [3.05, 3.63) is 87.9 Å². The smallest absolute Gasteiger partial charge is 0.262 e. The van der Waals surface area contributed by atoms with Crippen LogP contribution in [0.1, 0.15) is 114 Å². The van der Waals surface area contributed by atoms with E-state index in [1.54, 1.807) is 13.8 Å². The van der Waals surface area contributed by atoms with Crippen LogP contribution in [0.5, 0.6) is 0 Å². The first-order valence-electron chi connectivity index (χ1n) is 20.5. The first-order chi connectivity index (χ1) is 27.3. The lowest BCUT2D eigenvalue weighted by atomic mass is 9.66. The van der Waals surface area contributed by atoms with Crippen LogP contribution in [0.3, 0.4) is 0 Å². The summed E-state index contributed by atoms with van der Waals surface area (Å²) < 4.78 is 15.2. The molecule has 10 rings (SSSR count). The number of hydrogen-bond donors (Lipinski definition) is 2. The van der Waals surface area contributed by atoms with Gasteiger partial charge in [0.15, 0.2) is 0 Å². The Balaban J connectivity index is 0.757. The van der Waals surface area contributed by atoms with Crippen LogP contribution in [0.2, 0.25) is 0 Å². The molecule has 2 aromatic heterocycles. The van der Waals surface area contributed by atoms with Crippen LogP contribution in [0.4, 0.5) is 10.3 Å². The molecule has 2 aromatic carbocycles. The third-order valence-corrected chi connectivity index (χ3v) is 13.6. The summed E-state index contributed by atoms with van der Waals surface area (Å²) in [7, 11) is 0. The minimum absolute atomic E-state index is 0.106. The second-order valence-corrected chi connectivity index (χ2v) is 18.3. The number of imide groups is 2. The maximum atomic E-state index is 15.2. The van der Waals surface area contributed by atoms with Crippen molar-refractivity contribution >= 4 is 40.5 Å². The van der Waals surface area contributed by atoms with Gasteiger partial charge in [0.05, 0.1) is 17.2 Å². The van der Waals surface area contributed by atoms with Crippen molar-refractivity contribution in [1.82, 2.24) is 35.0 Å². The lowest BCUT2D eigenvalue weighted by Gasteiger charge is -2.53. The number of fused-ring (bicyclic) bond motifs is 5. The molecule has 1 spiro atoms. The molecule has 4 aromatic rings. The molecule has 3 fully saturated rings. The van der Waals surface area contributed by atoms with Gasteiger partial charge in [-0.05, 0) is 100 Å². The summed E-state index contributed by atoms with van der Waals surface area (Å²) in [5, 5.41) is 3.49. The number of amides is 4. The average molecular weight is 773 g/mol. The number of aromatic nitrogens is 3. The summed E-state index contributed by atoms with van der Waals surface area (Å²) in [5.74, 6) is -0.540. The lowest BCUT2D eigenvalue weighted by molar-refractivity contribution is -0.136. The number of benzene rings is 2. The van der Waals surface area contributed by atoms with Crippen LogP contribution in [0, 0.1) is 11.3 Å². The van der Waals surface area contributed by atoms with E-state index in [9.17, 15) is 19.2 Å². The number of rotatable bonds is 7. The SMILES string of the molecule is C[C@@H]1Cc2c([nH]c3ccccc23)[C@@H](c2cnc(N3CC4(CCC(CN5Cc6cc7c(cc6C5)C(=O)N(C5CCC(=O)NC5=O)C7=O)CC4)C3)nc2)N1CC(C)(C)F. The Morgan fingerprint density at radius 2 is 1.60 bits per heavy atom. The third kappa shape index (κ3) is 6.24. The zero-order valence-electron chi connectivity index (χ0n) is 32.8. The van der Waals surface area contributed by atoms with E-state index in [1.807, 2.05) is 30.6 Å². The zero-order valence-corrected chi connectivity index (χ0v) is 32.8. The molecule has 3 atom stereocenters. The lowest BCUT2D eigenvalue weighted by Crippen LogP contribution is -2.58. The summed E-state index contributed by atoms with van der Waals surface area (Å²) in [6, 6.07) is 11.1. The number of anilines is 1. The van der Waals surface area contributed by atoms with Crippen molar-refractivity contribution in [2.45, 2.75) is 103 Å². The molecule has 7 heterocycles. The highest BCUT2D eigenvalue weighted by molar-refractivity contribution is 6.23. The van der Waals surface area contributed by atoms with E-state index in [1.165, 1.54) is 10.9 Å². The molecule has 296 valence electrons. The molecule has 57 heavy (non-hydrogen) atoms. The average Bonchev–Trinajstić information content (AvgIpc) is 3.81. The number of H-pyrrole nitrogens is 1. The topological polar surface area (TPSA) is 135 Å². The summed E-state index contributed by atoms with van der Waals surface area (Å²) in [6.45, 7) is 10.1. The third-order valence-electron chi connectivity index (χ3n) is 13.6. The van der Waals surface area contributed by atoms with Crippen molar-refractivity contribution in [1.29, 1.82) is 0 Å². The Morgan fingerprint density at radius 1 is 0.930 bits per heavy atom. The number of hydrogen-bond acceptors (Lipinski definition) is 9. The molecule has 0 bridgehead atoms. The highest BCUT2D eigenvalue weighted by Gasteiger charge is 2.48. The predicted octanol–water partition coefficient (Wildman–Crippen LogP) is 5.46. The van der Waals surface area contributed by atoms with Crippen LogP contribution in [-0.2, 0) is 29.1 Å². The molecule has 2 saturated heterocycles. The number of halogens is 1. The summed E-state index contributed by atoms with van der Waals surface area (Å²) >= 11 is 0. The Morgan fingerprint density at radius 3 is 2.25 bits per heavy atom. The number of para-hydroxylation sites is 1. The van der Waals surface area contributed by atoms with Crippen molar-refractivity contribution in [3.63, 3.8) is 0 Å². The number of nitrogens with one attached hydrogen (secondary N) is 2. The zero-order chi connectivity index (χ0) is 39.4. The summed E-state index contributed by atoms with van der Waals surface area (Å²) in [6.07, 6.45) is 9.65. The number of carbonyl (C=O) groups excluding carboxylic acids is 4. The fourth-order valence-electron chi connectivity index (χ4n) is 10.8. The maximum absolute atomic E-state index is 15.2. The van der Waals surface area contributed by atoms with Gasteiger partial charge in [0.2, 0.25) is 17.8 Å². The molecule has 1 unspecified atom stereocenters. The number of aromatic amines is 1. The molecule has 6 aliphatic rings. The van der Waals surface area contributed by atoms with Crippen LogP contribution in [-0.4, -0.2) is 97.2 Å². The second-order valence-electron chi connectivity index (χ2n) is 18.3. The largest absolute Gasteiger partial charge is 0.357 e. The monoisotopic (exact) mass is 772 g/mol. The normalized spacial score (nSPS) is 25.2. The second kappa shape index (κ2) is 13.3. The van der Waals surface area contributed by atoms with Crippen LogP contribution in [0.25, 0.3) is 10.9 Å². The quantitative estimate of drug-likeness (QED) is 0.235. The summed E-state index contributed by atoms with van der Waals surface area (Å²) in [4.78, 5) is 72.3. The Bertz CT molecular complexity index is 2270. The van der Waals surface area contributed by atoms with Gasteiger partial charge in [0.25, 0.3) is 11.8 Å². The van der Waals surface area contributed by atoms with Crippen molar-refractivity contribution < 1.29 is 23.6 Å². The molecule has 1 aliphatic carbocycles. The molecule has 5 aliphatic heterocycles. The standard InChI is InChI=1S/C44H49FN8O4/c1-25-14-31-30-6-4-5-7-34(30)48-37(31)38(52(25)22-43(2,3)45)29-17-46-42(47-18-29)51-23-44(24-51)12-10-26(11-13-44)19-50-20-27-15-32-33(16-28(27)21-50)41(57)53(40(32)56)35-8-9-36(54)49-39(35)55/h4-7,15-18,25-26,35,38,48H,8-14,19-24H2,1-3H3,(H,49,54,55)/t25-,35?,38-/m1/s1. The summed E-state index contributed by atoms with van der Waals surface area (Å²) in [5.41, 5.74) is 6.24. The number of nitrogens with zero attached hydrogens (tertiary/aromatic N) is 6. The van der Waals surface area contributed by atoms with E-state index in [0.717, 1.165) is 104 Å². The van der Waals surface area contributed by atoms with E-state index in [4.69, 9.17) is 9.97 Å². The highest BCUT2D eigenvalue weighted by Crippen LogP contribution is 2.48. The minimum Gasteiger partial charge on any atom is -0.357 e. The Kier molecular flexibility index (Phi) is 8.46. The van der Waals surface area contributed by atoms with Crippen LogP contribution in [0.15, 0.2) is 48.8 Å². The molecular formula is C44H49FN8O4. The van der Waals surface area contributed by atoms with Gasteiger partial charge >= 0.3 is 0 Å². The van der Waals surface area contributed by atoms with Gasteiger partial charge in [-0.1, -0.05) is 18.2 Å².